The first kappa shape index (κ1) is 16.5. The van der Waals surface area contributed by atoms with E-state index < -0.39 is 12.1 Å². The standard InChI is InChI=1S/C19H20FN3O/c1-2-15(24)11-18-16-6-4-3-5-12(16)9-13-7-8-14(20)10-17(13)19(18)22-23-21/h3-8,10,15,18-19,24H,2,9,11H2,1H3/t15-,18+,19+/m0/s1. The summed E-state index contributed by atoms with van der Waals surface area (Å²) in [4.78, 5) is 3.01. The molecule has 4 nitrogen and oxygen atoms in total. The van der Waals surface area contributed by atoms with Crippen LogP contribution in [-0.2, 0) is 6.42 Å². The molecule has 1 aliphatic rings. The van der Waals surface area contributed by atoms with Gasteiger partial charge in [-0.05, 0) is 65.1 Å². The van der Waals surface area contributed by atoms with Crippen molar-refractivity contribution in [2.45, 2.75) is 44.2 Å². The second-order valence-corrected chi connectivity index (χ2v) is 6.27. The Kier molecular flexibility index (Phi) is 4.84. The van der Waals surface area contributed by atoms with Crippen molar-refractivity contribution in [3.8, 4) is 0 Å². The van der Waals surface area contributed by atoms with Gasteiger partial charge in [-0.3, -0.25) is 0 Å². The third kappa shape index (κ3) is 3.14. The highest BCUT2D eigenvalue weighted by atomic mass is 19.1. The number of hydrogen-bond acceptors (Lipinski definition) is 2. The van der Waals surface area contributed by atoms with E-state index in [0.29, 0.717) is 19.3 Å². The molecule has 0 aliphatic heterocycles. The number of aliphatic hydroxyl groups is 1. The largest absolute Gasteiger partial charge is 0.393 e. The summed E-state index contributed by atoms with van der Waals surface area (Å²) in [5.41, 5.74) is 13.0. The van der Waals surface area contributed by atoms with E-state index in [0.717, 1.165) is 22.3 Å². The highest BCUT2D eigenvalue weighted by Crippen LogP contribution is 2.44. The highest BCUT2D eigenvalue weighted by Gasteiger charge is 2.32. The molecule has 0 heterocycles. The molecule has 0 spiro atoms. The summed E-state index contributed by atoms with van der Waals surface area (Å²) in [6.07, 6.45) is 1.28. The lowest BCUT2D eigenvalue weighted by Gasteiger charge is -2.26. The van der Waals surface area contributed by atoms with Crippen LogP contribution in [0.25, 0.3) is 10.4 Å². The molecule has 0 radical (unpaired) electrons. The van der Waals surface area contributed by atoms with Crippen molar-refractivity contribution < 1.29 is 9.50 Å². The van der Waals surface area contributed by atoms with E-state index in [1.54, 1.807) is 6.07 Å². The molecule has 1 N–H and O–H groups in total. The fourth-order valence-corrected chi connectivity index (χ4v) is 3.56. The van der Waals surface area contributed by atoms with Crippen molar-refractivity contribution in [1.82, 2.24) is 0 Å². The summed E-state index contributed by atoms with van der Waals surface area (Å²) in [7, 11) is 0. The number of benzene rings is 2. The Hall–Kier alpha value is -2.36. The van der Waals surface area contributed by atoms with Crippen LogP contribution >= 0.6 is 0 Å². The number of hydrogen-bond donors (Lipinski definition) is 1. The van der Waals surface area contributed by atoms with Gasteiger partial charge in [0.05, 0.1) is 12.1 Å². The van der Waals surface area contributed by atoms with E-state index in [1.807, 2.05) is 31.2 Å². The van der Waals surface area contributed by atoms with Gasteiger partial charge in [-0.1, -0.05) is 42.4 Å². The Morgan fingerprint density at radius 3 is 2.75 bits per heavy atom. The van der Waals surface area contributed by atoms with E-state index in [4.69, 9.17) is 5.53 Å². The predicted octanol–water partition coefficient (Wildman–Crippen LogP) is 5.03. The Balaban J connectivity index is 2.20. The minimum absolute atomic E-state index is 0.171. The first-order valence-electron chi connectivity index (χ1n) is 8.22. The van der Waals surface area contributed by atoms with Gasteiger partial charge in [0, 0.05) is 4.91 Å². The van der Waals surface area contributed by atoms with Crippen LogP contribution in [-0.4, -0.2) is 11.2 Å². The fraction of sp³-hybridized carbons (Fsp3) is 0.368. The molecule has 0 saturated heterocycles. The predicted molar refractivity (Wildman–Crippen MR) is 91.2 cm³/mol. The zero-order valence-electron chi connectivity index (χ0n) is 13.6. The van der Waals surface area contributed by atoms with E-state index >= 15 is 0 Å². The molecule has 1 aliphatic carbocycles. The smallest absolute Gasteiger partial charge is 0.123 e. The Morgan fingerprint density at radius 2 is 2.00 bits per heavy atom. The third-order valence-electron chi connectivity index (χ3n) is 4.82. The molecular formula is C19H20FN3O. The van der Waals surface area contributed by atoms with Gasteiger partial charge in [0.15, 0.2) is 0 Å². The Morgan fingerprint density at radius 1 is 1.25 bits per heavy atom. The third-order valence-corrected chi connectivity index (χ3v) is 4.82. The molecule has 3 rings (SSSR count). The van der Waals surface area contributed by atoms with Gasteiger partial charge in [-0.25, -0.2) is 4.39 Å². The zero-order valence-corrected chi connectivity index (χ0v) is 13.6. The van der Waals surface area contributed by atoms with Crippen LogP contribution in [0.1, 0.15) is 54.0 Å². The molecule has 124 valence electrons. The lowest BCUT2D eigenvalue weighted by atomic mass is 9.83. The van der Waals surface area contributed by atoms with E-state index in [-0.39, 0.29) is 11.7 Å². The first-order chi connectivity index (χ1) is 11.6. The van der Waals surface area contributed by atoms with Crippen LogP contribution in [0.2, 0.25) is 0 Å². The quantitative estimate of drug-likeness (QED) is 0.478. The Labute approximate surface area is 140 Å². The number of aliphatic hydroxyl groups excluding tert-OH is 1. The van der Waals surface area contributed by atoms with E-state index in [9.17, 15) is 9.50 Å². The van der Waals surface area contributed by atoms with Crippen LogP contribution in [0, 0.1) is 5.82 Å². The lowest BCUT2D eigenvalue weighted by molar-refractivity contribution is 0.146. The van der Waals surface area contributed by atoms with Gasteiger partial charge in [-0.2, -0.15) is 0 Å². The van der Waals surface area contributed by atoms with Gasteiger partial charge in [0.25, 0.3) is 0 Å². The number of nitrogens with zero attached hydrogens (tertiary/aromatic N) is 3. The number of azide groups is 1. The molecule has 0 amide bonds. The molecule has 0 fully saturated rings. The second-order valence-electron chi connectivity index (χ2n) is 6.27. The number of halogens is 1. The van der Waals surface area contributed by atoms with Crippen LogP contribution in [0.4, 0.5) is 4.39 Å². The summed E-state index contributed by atoms with van der Waals surface area (Å²) in [5.74, 6) is -0.511. The molecule has 0 bridgehead atoms. The molecule has 24 heavy (non-hydrogen) atoms. The molecule has 3 atom stereocenters. The van der Waals surface area contributed by atoms with Crippen molar-refractivity contribution in [2.75, 3.05) is 0 Å². The highest BCUT2D eigenvalue weighted by molar-refractivity contribution is 5.45. The van der Waals surface area contributed by atoms with Gasteiger partial charge in [0.2, 0.25) is 0 Å². The summed E-state index contributed by atoms with van der Waals surface area (Å²) in [6.45, 7) is 1.92. The van der Waals surface area contributed by atoms with E-state index in [1.165, 1.54) is 12.1 Å². The number of rotatable bonds is 4. The topological polar surface area (TPSA) is 69.0 Å². The molecule has 0 saturated carbocycles. The van der Waals surface area contributed by atoms with E-state index in [2.05, 4.69) is 10.0 Å². The molecule has 0 unspecified atom stereocenters. The van der Waals surface area contributed by atoms with Crippen molar-refractivity contribution in [3.63, 3.8) is 0 Å². The summed E-state index contributed by atoms with van der Waals surface area (Å²) in [5, 5.41) is 14.2. The normalized spacial score (nSPS) is 20.3. The molecule has 5 heteroatoms. The average Bonchev–Trinajstić information content (AvgIpc) is 2.71. The maximum Gasteiger partial charge on any atom is 0.123 e. The molecule has 2 aromatic carbocycles. The zero-order chi connectivity index (χ0) is 17.1. The fourth-order valence-electron chi connectivity index (χ4n) is 3.56. The van der Waals surface area contributed by atoms with Crippen LogP contribution in [0.3, 0.4) is 0 Å². The minimum Gasteiger partial charge on any atom is -0.393 e. The monoisotopic (exact) mass is 325 g/mol. The van der Waals surface area contributed by atoms with Crippen LogP contribution in [0.5, 0.6) is 0 Å². The summed E-state index contributed by atoms with van der Waals surface area (Å²) >= 11 is 0. The van der Waals surface area contributed by atoms with Crippen molar-refractivity contribution >= 4 is 0 Å². The number of fused-ring (bicyclic) bond motifs is 2. The summed E-state index contributed by atoms with van der Waals surface area (Å²) < 4.78 is 13.8. The second kappa shape index (κ2) is 7.04. The van der Waals surface area contributed by atoms with Gasteiger partial charge in [-0.15, -0.1) is 0 Å². The van der Waals surface area contributed by atoms with Crippen molar-refractivity contribution in [1.29, 1.82) is 0 Å². The minimum atomic E-state index is -0.523. The molecule has 0 aromatic heterocycles. The first-order valence-corrected chi connectivity index (χ1v) is 8.22. The van der Waals surface area contributed by atoms with Crippen LogP contribution in [0.15, 0.2) is 47.6 Å². The van der Waals surface area contributed by atoms with Gasteiger partial charge < -0.3 is 5.11 Å². The van der Waals surface area contributed by atoms with Gasteiger partial charge >= 0.3 is 0 Å². The lowest BCUT2D eigenvalue weighted by Crippen LogP contribution is -2.17. The van der Waals surface area contributed by atoms with Gasteiger partial charge in [0.1, 0.15) is 5.82 Å². The maximum absolute atomic E-state index is 13.8. The SMILES string of the molecule is CC[C@H](O)C[C@@H]1c2ccccc2Cc2ccc(F)cc2[C@H]1N=[N+]=[N-]. The summed E-state index contributed by atoms with van der Waals surface area (Å²) in [6, 6.07) is 12.1. The molecule has 2 aromatic rings. The average molecular weight is 325 g/mol. The maximum atomic E-state index is 13.8. The molecular weight excluding hydrogens is 305 g/mol. The van der Waals surface area contributed by atoms with Crippen LogP contribution < -0.4 is 0 Å². The Bertz CT molecular complexity index is 786. The van der Waals surface area contributed by atoms with Crippen molar-refractivity contribution in [2.24, 2.45) is 5.11 Å². The van der Waals surface area contributed by atoms with Crippen molar-refractivity contribution in [3.05, 3.63) is 81.0 Å².